The molecule has 156 valence electrons. The second-order valence-corrected chi connectivity index (χ2v) is 8.34. The highest BCUT2D eigenvalue weighted by Crippen LogP contribution is 2.36. The molecule has 7 nitrogen and oxygen atoms in total. The van der Waals surface area contributed by atoms with E-state index < -0.39 is 0 Å². The number of carbonyl (C=O) groups is 2. The van der Waals surface area contributed by atoms with Crippen LogP contribution in [0.4, 0.5) is 11.6 Å². The number of carbonyl (C=O) groups excluding carboxylic acids is 2. The van der Waals surface area contributed by atoms with E-state index in [-0.39, 0.29) is 11.7 Å². The fourth-order valence-corrected chi connectivity index (χ4v) is 4.84. The number of ketones is 1. The number of amides is 1. The van der Waals surface area contributed by atoms with Crippen molar-refractivity contribution in [3.05, 3.63) is 47.3 Å². The molecule has 1 fully saturated rings. The summed E-state index contributed by atoms with van der Waals surface area (Å²) < 4.78 is 0. The molecule has 0 N–H and O–H groups in total. The Balaban J connectivity index is 1.20. The average Bonchev–Trinajstić information content (AvgIpc) is 2.80. The van der Waals surface area contributed by atoms with Gasteiger partial charge in [0.25, 0.3) is 0 Å². The highest BCUT2D eigenvalue weighted by atomic mass is 16.2. The van der Waals surface area contributed by atoms with E-state index in [0.717, 1.165) is 75.7 Å². The molecule has 0 bridgehead atoms. The first-order valence-corrected chi connectivity index (χ1v) is 10.9. The van der Waals surface area contributed by atoms with Crippen LogP contribution in [0.15, 0.2) is 30.6 Å². The summed E-state index contributed by atoms with van der Waals surface area (Å²) in [4.78, 5) is 40.3. The van der Waals surface area contributed by atoms with Crippen molar-refractivity contribution in [2.45, 2.75) is 32.1 Å². The van der Waals surface area contributed by atoms with E-state index in [0.29, 0.717) is 12.8 Å². The zero-order valence-corrected chi connectivity index (χ0v) is 17.2. The Morgan fingerprint density at radius 1 is 0.933 bits per heavy atom. The molecule has 7 heteroatoms. The number of hydrogen-bond donors (Lipinski definition) is 0. The zero-order chi connectivity index (χ0) is 20.5. The third kappa shape index (κ3) is 3.69. The van der Waals surface area contributed by atoms with Crippen molar-refractivity contribution in [3.8, 4) is 0 Å². The number of nitrogens with zero attached hydrogens (tertiary/aromatic N) is 5. The molecular weight excluding hydrogens is 378 g/mol. The molecule has 0 atom stereocenters. The quantitative estimate of drug-likeness (QED) is 0.710. The number of aromatic nitrogens is 2. The molecule has 0 radical (unpaired) electrons. The molecular formula is C23H27N5O2. The highest BCUT2D eigenvalue weighted by Gasteiger charge is 2.30. The molecule has 4 heterocycles. The van der Waals surface area contributed by atoms with E-state index in [4.69, 9.17) is 0 Å². The maximum absolute atomic E-state index is 13.0. The van der Waals surface area contributed by atoms with Gasteiger partial charge >= 0.3 is 0 Å². The summed E-state index contributed by atoms with van der Waals surface area (Å²) in [6.45, 7) is 5.18. The van der Waals surface area contributed by atoms with Gasteiger partial charge in [0.05, 0.1) is 5.69 Å². The number of hydrogen-bond acceptors (Lipinski definition) is 6. The van der Waals surface area contributed by atoms with Gasteiger partial charge < -0.3 is 9.80 Å². The fourth-order valence-electron chi connectivity index (χ4n) is 4.84. The number of benzene rings is 1. The number of Topliss-reactive ketones (excluding diaryl/α,β-unsaturated/α-hetero) is 1. The molecule has 1 saturated heterocycles. The summed E-state index contributed by atoms with van der Waals surface area (Å²) in [5.74, 6) is 1.21. The lowest BCUT2D eigenvalue weighted by atomic mass is 9.88. The van der Waals surface area contributed by atoms with Gasteiger partial charge in [-0.15, -0.1) is 0 Å². The summed E-state index contributed by atoms with van der Waals surface area (Å²) in [6, 6.07) is 5.91. The molecule has 3 aliphatic heterocycles. The van der Waals surface area contributed by atoms with E-state index in [1.807, 2.05) is 23.1 Å². The lowest BCUT2D eigenvalue weighted by Gasteiger charge is -2.35. The van der Waals surface area contributed by atoms with E-state index in [9.17, 15) is 9.59 Å². The van der Waals surface area contributed by atoms with E-state index in [1.165, 1.54) is 11.1 Å². The van der Waals surface area contributed by atoms with Gasteiger partial charge in [-0.2, -0.15) is 0 Å². The molecule has 5 rings (SSSR count). The van der Waals surface area contributed by atoms with Gasteiger partial charge in [0.2, 0.25) is 11.9 Å². The Labute approximate surface area is 176 Å². The minimum absolute atomic E-state index is 0.205. The number of anilines is 2. The van der Waals surface area contributed by atoms with Crippen LogP contribution in [0.3, 0.4) is 0 Å². The van der Waals surface area contributed by atoms with Crippen LogP contribution >= 0.6 is 0 Å². The predicted octanol–water partition coefficient (Wildman–Crippen LogP) is 2.10. The Hall–Kier alpha value is -2.80. The fraction of sp³-hybridized carbons (Fsp3) is 0.478. The second kappa shape index (κ2) is 8.14. The zero-order valence-electron chi connectivity index (χ0n) is 17.2. The van der Waals surface area contributed by atoms with Gasteiger partial charge in [-0.25, -0.2) is 9.97 Å². The van der Waals surface area contributed by atoms with Gasteiger partial charge in [0, 0.05) is 70.1 Å². The van der Waals surface area contributed by atoms with Gasteiger partial charge in [0.15, 0.2) is 5.78 Å². The SMILES string of the molecule is O=C(CCN1CCN(c2ncccn2)CC1)c1cc2c3c(c1)CCC(=O)N3CCC2. The van der Waals surface area contributed by atoms with Crippen LogP contribution in [0.25, 0.3) is 0 Å². The van der Waals surface area contributed by atoms with Crippen molar-refractivity contribution >= 4 is 23.3 Å². The summed E-state index contributed by atoms with van der Waals surface area (Å²) in [5.41, 5.74) is 4.25. The van der Waals surface area contributed by atoms with Crippen molar-refractivity contribution < 1.29 is 9.59 Å². The molecule has 0 unspecified atom stereocenters. The van der Waals surface area contributed by atoms with E-state index in [2.05, 4.69) is 19.8 Å². The van der Waals surface area contributed by atoms with Crippen molar-refractivity contribution in [1.29, 1.82) is 0 Å². The van der Waals surface area contributed by atoms with Gasteiger partial charge in [0.1, 0.15) is 0 Å². The minimum atomic E-state index is 0.205. The monoisotopic (exact) mass is 405 g/mol. The van der Waals surface area contributed by atoms with Gasteiger partial charge in [-0.05, 0) is 48.6 Å². The smallest absolute Gasteiger partial charge is 0.227 e. The topological polar surface area (TPSA) is 69.6 Å². The van der Waals surface area contributed by atoms with Gasteiger partial charge in [-0.1, -0.05) is 0 Å². The predicted molar refractivity (Wildman–Crippen MR) is 115 cm³/mol. The number of aryl methyl sites for hydroxylation is 2. The van der Waals surface area contributed by atoms with Crippen LogP contribution in [0.2, 0.25) is 0 Å². The Bertz CT molecular complexity index is 936. The maximum atomic E-state index is 13.0. The molecule has 1 aromatic heterocycles. The average molecular weight is 406 g/mol. The molecule has 0 saturated carbocycles. The first kappa shape index (κ1) is 19.2. The van der Waals surface area contributed by atoms with Crippen LogP contribution in [0, 0.1) is 0 Å². The molecule has 3 aliphatic rings. The van der Waals surface area contributed by atoms with Crippen molar-refractivity contribution in [3.63, 3.8) is 0 Å². The van der Waals surface area contributed by atoms with Crippen molar-refractivity contribution in [1.82, 2.24) is 14.9 Å². The van der Waals surface area contributed by atoms with Crippen LogP contribution in [0.5, 0.6) is 0 Å². The molecule has 1 amide bonds. The lowest BCUT2D eigenvalue weighted by molar-refractivity contribution is -0.119. The summed E-state index contributed by atoms with van der Waals surface area (Å²) in [7, 11) is 0. The molecule has 0 spiro atoms. The van der Waals surface area contributed by atoms with Crippen LogP contribution < -0.4 is 9.80 Å². The van der Waals surface area contributed by atoms with E-state index >= 15 is 0 Å². The first-order chi connectivity index (χ1) is 14.7. The van der Waals surface area contributed by atoms with Crippen LogP contribution in [-0.2, 0) is 17.6 Å². The molecule has 2 aromatic rings. The lowest BCUT2D eigenvalue weighted by Crippen LogP contribution is -2.47. The normalized spacial score (nSPS) is 19.0. The summed E-state index contributed by atoms with van der Waals surface area (Å²) in [5, 5.41) is 0. The first-order valence-electron chi connectivity index (χ1n) is 10.9. The number of piperazine rings is 1. The molecule has 0 aliphatic carbocycles. The molecule has 1 aromatic carbocycles. The minimum Gasteiger partial charge on any atom is -0.338 e. The Morgan fingerprint density at radius 3 is 2.43 bits per heavy atom. The standard InChI is InChI=1S/C23H27N5O2/c29-20(6-10-26-11-13-27(14-12-26)23-24-7-2-8-25-23)19-15-17-3-1-9-28-21(30)5-4-18(16-19)22(17)28/h2,7-8,15-16H,1,3-6,9-14H2. The van der Waals surface area contributed by atoms with Crippen LogP contribution in [-0.4, -0.2) is 65.8 Å². The third-order valence-corrected chi connectivity index (χ3v) is 6.46. The molecule has 30 heavy (non-hydrogen) atoms. The van der Waals surface area contributed by atoms with Gasteiger partial charge in [-0.3, -0.25) is 14.5 Å². The second-order valence-electron chi connectivity index (χ2n) is 8.34. The summed E-state index contributed by atoms with van der Waals surface area (Å²) in [6.07, 6.45) is 7.31. The maximum Gasteiger partial charge on any atom is 0.227 e. The van der Waals surface area contributed by atoms with Crippen molar-refractivity contribution in [2.75, 3.05) is 49.1 Å². The van der Waals surface area contributed by atoms with E-state index in [1.54, 1.807) is 12.4 Å². The largest absolute Gasteiger partial charge is 0.338 e. The Morgan fingerprint density at radius 2 is 1.67 bits per heavy atom. The Kier molecular flexibility index (Phi) is 5.21. The number of rotatable bonds is 5. The third-order valence-electron chi connectivity index (χ3n) is 6.46. The highest BCUT2D eigenvalue weighted by molar-refractivity contribution is 6.01. The van der Waals surface area contributed by atoms with Crippen molar-refractivity contribution in [2.24, 2.45) is 0 Å². The van der Waals surface area contributed by atoms with Crippen LogP contribution in [0.1, 0.15) is 40.7 Å². The summed E-state index contributed by atoms with van der Waals surface area (Å²) >= 11 is 0.